The first-order valence-electron chi connectivity index (χ1n) is 6.10. The van der Waals surface area contributed by atoms with Crippen molar-refractivity contribution in [2.24, 2.45) is 0 Å². The number of aromatic nitrogens is 1. The van der Waals surface area contributed by atoms with Crippen LogP contribution in [0.3, 0.4) is 0 Å². The lowest BCUT2D eigenvalue weighted by Gasteiger charge is -2.15. The second kappa shape index (κ2) is 5.56. The van der Waals surface area contributed by atoms with Crippen LogP contribution in [0.5, 0.6) is 0 Å². The van der Waals surface area contributed by atoms with Crippen molar-refractivity contribution in [2.45, 2.75) is 5.92 Å². The lowest BCUT2D eigenvalue weighted by atomic mass is 9.95. The van der Waals surface area contributed by atoms with Gasteiger partial charge in [0.1, 0.15) is 0 Å². The van der Waals surface area contributed by atoms with Gasteiger partial charge < -0.3 is 9.88 Å². The largest absolute Gasteiger partial charge is 0.378 e. The SMILES string of the molecule is CN(C)c1ccc(C(C[N+](=O)[O-])c2ccc[nH]2)cc1. The molecule has 0 radical (unpaired) electrons. The lowest BCUT2D eigenvalue weighted by Crippen LogP contribution is -2.15. The van der Waals surface area contributed by atoms with Gasteiger partial charge in [0.05, 0.1) is 5.92 Å². The molecular weight excluding hydrogens is 242 g/mol. The molecule has 0 aliphatic carbocycles. The van der Waals surface area contributed by atoms with E-state index in [1.807, 2.05) is 55.4 Å². The van der Waals surface area contributed by atoms with Crippen LogP contribution in [-0.4, -0.2) is 30.5 Å². The van der Waals surface area contributed by atoms with Crippen molar-refractivity contribution in [3.8, 4) is 0 Å². The van der Waals surface area contributed by atoms with Crippen LogP contribution in [0.2, 0.25) is 0 Å². The number of H-pyrrole nitrogens is 1. The second-order valence-electron chi connectivity index (χ2n) is 4.68. The Kier molecular flexibility index (Phi) is 3.85. The maximum Gasteiger partial charge on any atom is 0.216 e. The molecule has 0 saturated carbocycles. The summed E-state index contributed by atoms with van der Waals surface area (Å²) in [7, 11) is 3.93. The Balaban J connectivity index is 2.30. The highest BCUT2D eigenvalue weighted by molar-refractivity contribution is 5.47. The zero-order chi connectivity index (χ0) is 13.8. The standard InChI is InChI=1S/C14H17N3O2/c1-16(2)12-7-5-11(6-8-12)13(10-17(18)19)14-4-3-9-15-14/h3-9,13,15H,10H2,1-2H3. The number of rotatable bonds is 5. The van der Waals surface area contributed by atoms with E-state index in [4.69, 9.17) is 0 Å². The molecule has 0 fully saturated rings. The van der Waals surface area contributed by atoms with Crippen LogP contribution in [0, 0.1) is 10.1 Å². The minimum Gasteiger partial charge on any atom is -0.378 e. The van der Waals surface area contributed by atoms with Crippen LogP contribution in [0.15, 0.2) is 42.6 Å². The van der Waals surface area contributed by atoms with Crippen molar-refractivity contribution < 1.29 is 4.92 Å². The van der Waals surface area contributed by atoms with E-state index in [2.05, 4.69) is 4.98 Å². The molecule has 1 aromatic heterocycles. The predicted octanol–water partition coefficient (Wildman–Crippen LogP) is 2.49. The van der Waals surface area contributed by atoms with Crippen LogP contribution < -0.4 is 4.90 Å². The normalized spacial score (nSPS) is 12.1. The van der Waals surface area contributed by atoms with Gasteiger partial charge >= 0.3 is 0 Å². The molecule has 19 heavy (non-hydrogen) atoms. The Morgan fingerprint density at radius 3 is 2.42 bits per heavy atom. The molecule has 1 heterocycles. The molecule has 2 rings (SSSR count). The molecular formula is C14H17N3O2. The molecule has 2 aromatic rings. The van der Waals surface area contributed by atoms with E-state index in [1.165, 1.54) is 0 Å². The van der Waals surface area contributed by atoms with Crippen molar-refractivity contribution in [3.63, 3.8) is 0 Å². The molecule has 1 aromatic carbocycles. The average Bonchev–Trinajstić information content (AvgIpc) is 2.89. The molecule has 5 heteroatoms. The van der Waals surface area contributed by atoms with Crippen molar-refractivity contribution in [3.05, 3.63) is 64.0 Å². The zero-order valence-electron chi connectivity index (χ0n) is 11.0. The van der Waals surface area contributed by atoms with Crippen LogP contribution >= 0.6 is 0 Å². The molecule has 100 valence electrons. The van der Waals surface area contributed by atoms with E-state index in [1.54, 1.807) is 6.20 Å². The van der Waals surface area contributed by atoms with Gasteiger partial charge in [0.25, 0.3) is 0 Å². The number of nitrogens with one attached hydrogen (secondary N) is 1. The van der Waals surface area contributed by atoms with Gasteiger partial charge in [-0.2, -0.15) is 0 Å². The third-order valence-electron chi connectivity index (χ3n) is 3.14. The van der Waals surface area contributed by atoms with Crippen LogP contribution in [0.25, 0.3) is 0 Å². The fourth-order valence-corrected chi connectivity index (χ4v) is 2.10. The molecule has 5 nitrogen and oxygen atoms in total. The van der Waals surface area contributed by atoms with Crippen molar-refractivity contribution in [2.75, 3.05) is 25.5 Å². The average molecular weight is 259 g/mol. The minimum absolute atomic E-state index is 0.109. The quantitative estimate of drug-likeness (QED) is 0.663. The van der Waals surface area contributed by atoms with Gasteiger partial charge in [0.15, 0.2) is 0 Å². The van der Waals surface area contributed by atoms with E-state index in [9.17, 15) is 10.1 Å². The van der Waals surface area contributed by atoms with Gasteiger partial charge in [0.2, 0.25) is 6.54 Å². The van der Waals surface area contributed by atoms with Gasteiger partial charge in [-0.3, -0.25) is 10.1 Å². The van der Waals surface area contributed by atoms with E-state index >= 15 is 0 Å². The van der Waals surface area contributed by atoms with Gasteiger partial charge in [0, 0.05) is 36.6 Å². The summed E-state index contributed by atoms with van der Waals surface area (Å²) in [6.45, 7) is -0.109. The monoisotopic (exact) mass is 259 g/mol. The molecule has 0 amide bonds. The number of nitro groups is 1. The Morgan fingerprint density at radius 1 is 1.26 bits per heavy atom. The summed E-state index contributed by atoms with van der Waals surface area (Å²) in [5, 5.41) is 10.8. The molecule has 1 N–H and O–H groups in total. The highest BCUT2D eigenvalue weighted by Crippen LogP contribution is 2.25. The number of hydrogen-bond acceptors (Lipinski definition) is 3. The van der Waals surface area contributed by atoms with Gasteiger partial charge in [-0.25, -0.2) is 0 Å². The summed E-state index contributed by atoms with van der Waals surface area (Å²) in [6, 6.07) is 11.6. The lowest BCUT2D eigenvalue weighted by molar-refractivity contribution is -0.481. The number of nitrogens with zero attached hydrogens (tertiary/aromatic N) is 2. The third kappa shape index (κ3) is 3.13. The molecule has 0 spiro atoms. The number of aromatic amines is 1. The van der Waals surface area contributed by atoms with E-state index < -0.39 is 0 Å². The maximum atomic E-state index is 10.8. The number of hydrogen-bond donors (Lipinski definition) is 1. The smallest absolute Gasteiger partial charge is 0.216 e. The molecule has 1 unspecified atom stereocenters. The van der Waals surface area contributed by atoms with E-state index in [0.29, 0.717) is 0 Å². The van der Waals surface area contributed by atoms with Gasteiger partial charge in [-0.05, 0) is 29.8 Å². The molecule has 0 aliphatic heterocycles. The molecule has 1 atom stereocenters. The topological polar surface area (TPSA) is 62.2 Å². The summed E-state index contributed by atoms with van der Waals surface area (Å²) in [5.74, 6) is -0.235. The van der Waals surface area contributed by atoms with Crippen LogP contribution in [0.4, 0.5) is 5.69 Å². The predicted molar refractivity (Wildman–Crippen MR) is 75.3 cm³/mol. The van der Waals surface area contributed by atoms with Crippen molar-refractivity contribution >= 4 is 5.69 Å². The third-order valence-corrected chi connectivity index (χ3v) is 3.14. The summed E-state index contributed by atoms with van der Waals surface area (Å²) in [6.07, 6.45) is 1.79. The number of benzene rings is 1. The van der Waals surface area contributed by atoms with Crippen molar-refractivity contribution in [1.29, 1.82) is 0 Å². The highest BCUT2D eigenvalue weighted by Gasteiger charge is 2.20. The van der Waals surface area contributed by atoms with E-state index in [-0.39, 0.29) is 17.4 Å². The first-order valence-corrected chi connectivity index (χ1v) is 6.10. The molecule has 0 bridgehead atoms. The highest BCUT2D eigenvalue weighted by atomic mass is 16.6. The van der Waals surface area contributed by atoms with Crippen LogP contribution in [0.1, 0.15) is 17.2 Å². The van der Waals surface area contributed by atoms with E-state index in [0.717, 1.165) is 16.9 Å². The Bertz CT molecular complexity index is 532. The Hall–Kier alpha value is -2.30. The maximum absolute atomic E-state index is 10.8. The minimum atomic E-state index is -0.272. The molecule has 0 aliphatic rings. The first kappa shape index (κ1) is 13.1. The number of anilines is 1. The fraction of sp³-hybridized carbons (Fsp3) is 0.286. The van der Waals surface area contributed by atoms with Gasteiger partial charge in [-0.1, -0.05) is 12.1 Å². The zero-order valence-corrected chi connectivity index (χ0v) is 11.0. The summed E-state index contributed by atoms with van der Waals surface area (Å²) in [5.41, 5.74) is 2.90. The first-order chi connectivity index (χ1) is 9.08. The summed E-state index contributed by atoms with van der Waals surface area (Å²) >= 11 is 0. The van der Waals surface area contributed by atoms with Gasteiger partial charge in [-0.15, -0.1) is 0 Å². The van der Waals surface area contributed by atoms with Crippen molar-refractivity contribution in [1.82, 2.24) is 4.98 Å². The molecule has 0 saturated heterocycles. The fourth-order valence-electron chi connectivity index (χ4n) is 2.10. The Labute approximate surface area is 112 Å². The van der Waals surface area contributed by atoms with Crippen LogP contribution in [-0.2, 0) is 0 Å². The Morgan fingerprint density at radius 2 is 1.95 bits per heavy atom. The summed E-state index contributed by atoms with van der Waals surface area (Å²) in [4.78, 5) is 15.6. The summed E-state index contributed by atoms with van der Waals surface area (Å²) < 4.78 is 0. The second-order valence-corrected chi connectivity index (χ2v) is 4.68.